The summed E-state index contributed by atoms with van der Waals surface area (Å²) in [5.41, 5.74) is 0. The number of aromatic nitrogens is 2. The number of nitrogens with one attached hydrogen (secondary N) is 1. The maximum absolute atomic E-state index is 13.1. The van der Waals surface area contributed by atoms with Gasteiger partial charge in [0.15, 0.2) is 0 Å². The van der Waals surface area contributed by atoms with Gasteiger partial charge in [-0.15, -0.1) is 22.9 Å². The molecule has 0 fully saturated rings. The molecule has 0 saturated carbocycles. The van der Waals surface area contributed by atoms with Crippen molar-refractivity contribution in [2.75, 3.05) is 0 Å². The normalized spacial score (nSPS) is 13.0. The number of hydrogen-bond donors (Lipinski definition) is 1. The number of halogens is 2. The molecule has 0 aliphatic rings. The summed E-state index contributed by atoms with van der Waals surface area (Å²) in [7, 11) is 0. The Hall–Kier alpha value is -0.870. The molecule has 1 N–H and O–H groups in total. The van der Waals surface area contributed by atoms with E-state index in [9.17, 15) is 4.39 Å². The first-order valence-electron chi connectivity index (χ1n) is 4.12. The molecule has 0 spiro atoms. The highest BCUT2D eigenvalue weighted by Gasteiger charge is 2.15. The first-order valence-corrected chi connectivity index (χ1v) is 5.44. The second-order valence-corrected chi connectivity index (χ2v) is 4.31. The zero-order valence-corrected chi connectivity index (χ0v) is 8.78. The summed E-state index contributed by atoms with van der Waals surface area (Å²) in [5.74, 6) is 0.541. The van der Waals surface area contributed by atoms with Gasteiger partial charge >= 0.3 is 0 Å². The van der Waals surface area contributed by atoms with E-state index in [0.717, 1.165) is 5.82 Å². The van der Waals surface area contributed by atoms with Gasteiger partial charge in [-0.05, 0) is 11.4 Å². The van der Waals surface area contributed by atoms with Gasteiger partial charge in [-0.3, -0.25) is 0 Å². The van der Waals surface area contributed by atoms with Crippen molar-refractivity contribution in [2.24, 2.45) is 0 Å². The standard InChI is InChI=1S/C9H8ClFN2S/c10-6(5-8-12-2-3-13-8)9-7(11)1-4-14-9/h1-4,6H,5H2,(H,12,13). The second kappa shape index (κ2) is 4.11. The number of imidazole rings is 1. The van der Waals surface area contributed by atoms with Crippen LogP contribution in [-0.2, 0) is 6.42 Å². The fourth-order valence-electron chi connectivity index (χ4n) is 1.20. The van der Waals surface area contributed by atoms with Crippen molar-refractivity contribution in [1.82, 2.24) is 9.97 Å². The number of nitrogens with zero attached hydrogens (tertiary/aromatic N) is 1. The van der Waals surface area contributed by atoms with E-state index in [0.29, 0.717) is 11.3 Å². The summed E-state index contributed by atoms with van der Waals surface area (Å²) in [5, 5.41) is 1.35. The van der Waals surface area contributed by atoms with Gasteiger partial charge in [0.1, 0.15) is 11.6 Å². The average Bonchev–Trinajstić information content (AvgIpc) is 2.75. The minimum atomic E-state index is -0.346. The van der Waals surface area contributed by atoms with Crippen molar-refractivity contribution in [2.45, 2.75) is 11.8 Å². The minimum absolute atomic E-state index is 0.235. The zero-order valence-electron chi connectivity index (χ0n) is 7.21. The molecule has 0 aliphatic heterocycles. The van der Waals surface area contributed by atoms with Crippen molar-refractivity contribution in [3.63, 3.8) is 0 Å². The van der Waals surface area contributed by atoms with Crippen LogP contribution in [0.5, 0.6) is 0 Å². The Labute approximate surface area is 89.8 Å². The lowest BCUT2D eigenvalue weighted by Crippen LogP contribution is -1.97. The minimum Gasteiger partial charge on any atom is -0.349 e. The molecule has 14 heavy (non-hydrogen) atoms. The van der Waals surface area contributed by atoms with Crippen molar-refractivity contribution < 1.29 is 4.39 Å². The Morgan fingerprint density at radius 1 is 1.64 bits per heavy atom. The molecule has 1 unspecified atom stereocenters. The Kier molecular flexibility index (Phi) is 2.84. The zero-order chi connectivity index (χ0) is 9.97. The molecule has 0 aromatic carbocycles. The van der Waals surface area contributed by atoms with Gasteiger partial charge in [-0.1, -0.05) is 0 Å². The van der Waals surface area contributed by atoms with Gasteiger partial charge in [0, 0.05) is 18.8 Å². The van der Waals surface area contributed by atoms with Crippen LogP contribution in [0.25, 0.3) is 0 Å². The smallest absolute Gasteiger partial charge is 0.138 e. The summed E-state index contributed by atoms with van der Waals surface area (Å²) in [4.78, 5) is 7.55. The molecule has 2 heterocycles. The predicted molar refractivity (Wildman–Crippen MR) is 55.2 cm³/mol. The van der Waals surface area contributed by atoms with Crippen molar-refractivity contribution in [1.29, 1.82) is 0 Å². The first kappa shape index (κ1) is 9.68. The Balaban J connectivity index is 2.10. The summed E-state index contributed by atoms with van der Waals surface area (Å²) in [6.07, 6.45) is 3.90. The van der Waals surface area contributed by atoms with Crippen molar-refractivity contribution in [3.8, 4) is 0 Å². The van der Waals surface area contributed by atoms with Gasteiger partial charge in [0.2, 0.25) is 0 Å². The van der Waals surface area contributed by atoms with E-state index in [4.69, 9.17) is 11.6 Å². The number of hydrogen-bond acceptors (Lipinski definition) is 2. The molecule has 0 aliphatic carbocycles. The van der Waals surface area contributed by atoms with Crippen LogP contribution >= 0.6 is 22.9 Å². The Morgan fingerprint density at radius 3 is 3.07 bits per heavy atom. The lowest BCUT2D eigenvalue weighted by Gasteiger charge is -2.04. The maximum Gasteiger partial charge on any atom is 0.138 e. The molecule has 0 amide bonds. The third-order valence-electron chi connectivity index (χ3n) is 1.86. The summed E-state index contributed by atoms with van der Waals surface area (Å²) < 4.78 is 13.1. The van der Waals surface area contributed by atoms with Crippen LogP contribution < -0.4 is 0 Å². The highest BCUT2D eigenvalue weighted by atomic mass is 35.5. The highest BCUT2D eigenvalue weighted by Crippen LogP contribution is 2.30. The molecule has 0 saturated heterocycles. The molecule has 0 radical (unpaired) electrons. The number of alkyl halides is 1. The monoisotopic (exact) mass is 230 g/mol. The maximum atomic E-state index is 13.1. The molecule has 2 aromatic heterocycles. The summed E-state index contributed by atoms with van der Waals surface area (Å²) in [6.45, 7) is 0. The largest absolute Gasteiger partial charge is 0.349 e. The van der Waals surface area contributed by atoms with Crippen LogP contribution in [0.1, 0.15) is 16.1 Å². The predicted octanol–water partition coefficient (Wildman–Crippen LogP) is 3.13. The molecule has 2 rings (SSSR count). The average molecular weight is 231 g/mol. The Morgan fingerprint density at radius 2 is 2.50 bits per heavy atom. The molecular weight excluding hydrogens is 223 g/mol. The molecule has 5 heteroatoms. The molecule has 1 atom stereocenters. The molecular formula is C9H8ClFN2S. The number of aromatic amines is 1. The number of thiophene rings is 1. The fourth-order valence-corrected chi connectivity index (χ4v) is 2.35. The summed E-state index contributed by atoms with van der Waals surface area (Å²) >= 11 is 7.39. The van der Waals surface area contributed by atoms with Crippen molar-refractivity contribution in [3.05, 3.63) is 40.4 Å². The van der Waals surface area contributed by atoms with Crippen LogP contribution in [0.2, 0.25) is 0 Å². The lowest BCUT2D eigenvalue weighted by molar-refractivity contribution is 0.614. The van der Waals surface area contributed by atoms with Crippen molar-refractivity contribution >= 4 is 22.9 Å². The van der Waals surface area contributed by atoms with Crippen LogP contribution in [0.4, 0.5) is 4.39 Å². The highest BCUT2D eigenvalue weighted by molar-refractivity contribution is 7.10. The van der Waals surface area contributed by atoms with E-state index in [1.807, 2.05) is 0 Å². The quantitative estimate of drug-likeness (QED) is 0.807. The van der Waals surface area contributed by atoms with E-state index in [1.54, 1.807) is 17.8 Å². The van der Waals surface area contributed by atoms with E-state index in [2.05, 4.69) is 9.97 Å². The SMILES string of the molecule is Fc1ccsc1C(Cl)Cc1ncc[nH]1. The van der Waals surface area contributed by atoms with Crippen LogP contribution in [0.3, 0.4) is 0 Å². The van der Waals surface area contributed by atoms with E-state index >= 15 is 0 Å². The fraction of sp³-hybridized carbons (Fsp3) is 0.222. The molecule has 2 nitrogen and oxygen atoms in total. The number of H-pyrrole nitrogens is 1. The van der Waals surface area contributed by atoms with E-state index in [1.165, 1.54) is 17.4 Å². The molecule has 2 aromatic rings. The van der Waals surface area contributed by atoms with E-state index < -0.39 is 0 Å². The second-order valence-electron chi connectivity index (χ2n) is 2.84. The summed E-state index contributed by atoms with van der Waals surface area (Å²) in [6, 6.07) is 1.43. The first-order chi connectivity index (χ1) is 6.77. The van der Waals surface area contributed by atoms with Crippen LogP contribution in [-0.4, -0.2) is 9.97 Å². The third kappa shape index (κ3) is 1.96. The van der Waals surface area contributed by atoms with Crippen LogP contribution in [0.15, 0.2) is 23.8 Å². The topological polar surface area (TPSA) is 28.7 Å². The van der Waals surface area contributed by atoms with Gasteiger partial charge in [0.05, 0.1) is 10.3 Å². The lowest BCUT2D eigenvalue weighted by atomic mass is 10.2. The van der Waals surface area contributed by atoms with Gasteiger partial charge in [-0.25, -0.2) is 9.37 Å². The van der Waals surface area contributed by atoms with Crippen LogP contribution in [0, 0.1) is 5.82 Å². The Bertz CT molecular complexity index is 399. The van der Waals surface area contributed by atoms with E-state index in [-0.39, 0.29) is 11.2 Å². The van der Waals surface area contributed by atoms with Gasteiger partial charge < -0.3 is 4.98 Å². The molecule has 0 bridgehead atoms. The molecule has 74 valence electrons. The third-order valence-corrected chi connectivity index (χ3v) is 3.36. The number of rotatable bonds is 3. The van der Waals surface area contributed by atoms with Gasteiger partial charge in [0.25, 0.3) is 0 Å². The van der Waals surface area contributed by atoms with Gasteiger partial charge in [-0.2, -0.15) is 0 Å².